The SMILES string of the molecule is CCN(CC)c1ccc(Nc2nccc(Nc3ccc(C(=O)O)cc3)n2)cc1. The Morgan fingerprint density at radius 1 is 0.929 bits per heavy atom. The number of anilines is 5. The van der Waals surface area contributed by atoms with Gasteiger partial charge < -0.3 is 20.6 Å². The van der Waals surface area contributed by atoms with Gasteiger partial charge in [-0.3, -0.25) is 0 Å². The lowest BCUT2D eigenvalue weighted by atomic mass is 10.2. The number of nitrogens with one attached hydrogen (secondary N) is 2. The number of carboxylic acid groups (broad SMARTS) is 1. The van der Waals surface area contributed by atoms with Gasteiger partial charge in [-0.1, -0.05) is 0 Å². The monoisotopic (exact) mass is 377 g/mol. The Kier molecular flexibility index (Phi) is 6.06. The van der Waals surface area contributed by atoms with Gasteiger partial charge in [-0.25, -0.2) is 9.78 Å². The van der Waals surface area contributed by atoms with Gasteiger partial charge >= 0.3 is 5.97 Å². The molecule has 3 rings (SSSR count). The van der Waals surface area contributed by atoms with Crippen molar-refractivity contribution in [3.05, 3.63) is 66.4 Å². The number of aromatic carboxylic acids is 1. The van der Waals surface area contributed by atoms with E-state index in [-0.39, 0.29) is 5.56 Å². The third-order valence-electron chi connectivity index (χ3n) is 4.31. The lowest BCUT2D eigenvalue weighted by Crippen LogP contribution is -2.21. The second kappa shape index (κ2) is 8.85. The van der Waals surface area contributed by atoms with Gasteiger partial charge in [-0.2, -0.15) is 4.98 Å². The van der Waals surface area contributed by atoms with Crippen LogP contribution in [-0.2, 0) is 0 Å². The molecule has 0 bridgehead atoms. The van der Waals surface area contributed by atoms with Crippen molar-refractivity contribution in [2.45, 2.75) is 13.8 Å². The summed E-state index contributed by atoms with van der Waals surface area (Å²) in [7, 11) is 0. The smallest absolute Gasteiger partial charge is 0.335 e. The summed E-state index contributed by atoms with van der Waals surface area (Å²) in [5, 5.41) is 15.3. The van der Waals surface area contributed by atoms with Crippen molar-refractivity contribution in [3.8, 4) is 0 Å². The molecule has 0 fully saturated rings. The maximum Gasteiger partial charge on any atom is 0.335 e. The van der Waals surface area contributed by atoms with Crippen molar-refractivity contribution in [2.75, 3.05) is 28.6 Å². The number of rotatable bonds is 8. The predicted octanol–water partition coefficient (Wildman–Crippen LogP) is 4.51. The van der Waals surface area contributed by atoms with E-state index in [1.54, 1.807) is 36.5 Å². The second-order valence-corrected chi connectivity index (χ2v) is 6.12. The molecule has 0 atom stereocenters. The van der Waals surface area contributed by atoms with Crippen LogP contribution in [0.25, 0.3) is 0 Å². The van der Waals surface area contributed by atoms with Crippen LogP contribution in [0.15, 0.2) is 60.8 Å². The van der Waals surface area contributed by atoms with Gasteiger partial charge in [-0.15, -0.1) is 0 Å². The summed E-state index contributed by atoms with van der Waals surface area (Å²) < 4.78 is 0. The van der Waals surface area contributed by atoms with Crippen LogP contribution in [0.2, 0.25) is 0 Å². The quantitative estimate of drug-likeness (QED) is 0.532. The highest BCUT2D eigenvalue weighted by Crippen LogP contribution is 2.21. The predicted molar refractivity (Wildman–Crippen MR) is 112 cm³/mol. The van der Waals surface area contributed by atoms with E-state index < -0.39 is 5.97 Å². The summed E-state index contributed by atoms with van der Waals surface area (Å²) in [5.41, 5.74) is 3.07. The number of hydrogen-bond acceptors (Lipinski definition) is 6. The van der Waals surface area contributed by atoms with Gasteiger partial charge in [0.2, 0.25) is 5.95 Å². The van der Waals surface area contributed by atoms with Crippen molar-refractivity contribution >= 4 is 34.8 Å². The Morgan fingerprint density at radius 2 is 1.54 bits per heavy atom. The van der Waals surface area contributed by atoms with Gasteiger partial charge in [0.05, 0.1) is 5.56 Å². The zero-order chi connectivity index (χ0) is 19.9. The molecule has 144 valence electrons. The fourth-order valence-electron chi connectivity index (χ4n) is 2.81. The van der Waals surface area contributed by atoms with Crippen molar-refractivity contribution in [3.63, 3.8) is 0 Å². The largest absolute Gasteiger partial charge is 0.478 e. The van der Waals surface area contributed by atoms with E-state index in [0.29, 0.717) is 11.8 Å². The van der Waals surface area contributed by atoms with E-state index in [9.17, 15) is 4.79 Å². The minimum atomic E-state index is -0.952. The zero-order valence-electron chi connectivity index (χ0n) is 15.9. The number of hydrogen-bond donors (Lipinski definition) is 3. The van der Waals surface area contributed by atoms with E-state index in [1.165, 1.54) is 5.69 Å². The van der Waals surface area contributed by atoms with Crippen molar-refractivity contribution in [1.29, 1.82) is 0 Å². The van der Waals surface area contributed by atoms with Crippen LogP contribution < -0.4 is 15.5 Å². The lowest BCUT2D eigenvalue weighted by Gasteiger charge is -2.21. The van der Waals surface area contributed by atoms with Gasteiger partial charge in [0, 0.05) is 36.3 Å². The van der Waals surface area contributed by atoms with E-state index in [2.05, 4.69) is 51.5 Å². The molecule has 3 aromatic rings. The third kappa shape index (κ3) is 4.76. The molecule has 7 nitrogen and oxygen atoms in total. The normalized spacial score (nSPS) is 10.4. The molecule has 3 N–H and O–H groups in total. The van der Waals surface area contributed by atoms with Crippen LogP contribution in [0.3, 0.4) is 0 Å². The minimum absolute atomic E-state index is 0.240. The minimum Gasteiger partial charge on any atom is -0.478 e. The molecule has 1 heterocycles. The van der Waals surface area contributed by atoms with Gasteiger partial charge in [-0.05, 0) is 68.4 Å². The van der Waals surface area contributed by atoms with Crippen LogP contribution in [0.5, 0.6) is 0 Å². The van der Waals surface area contributed by atoms with Crippen LogP contribution >= 0.6 is 0 Å². The third-order valence-corrected chi connectivity index (χ3v) is 4.31. The number of carboxylic acids is 1. The second-order valence-electron chi connectivity index (χ2n) is 6.12. The first-order valence-electron chi connectivity index (χ1n) is 9.14. The first-order chi connectivity index (χ1) is 13.6. The molecule has 0 aliphatic carbocycles. The summed E-state index contributed by atoms with van der Waals surface area (Å²) in [5.74, 6) is 0.134. The molecular formula is C21H23N5O2. The molecule has 2 aromatic carbocycles. The van der Waals surface area contributed by atoms with E-state index in [1.807, 2.05) is 12.1 Å². The molecule has 0 unspecified atom stereocenters. The van der Waals surface area contributed by atoms with Gasteiger partial charge in [0.25, 0.3) is 0 Å². The molecule has 1 aromatic heterocycles. The Bertz CT molecular complexity index is 922. The standard InChI is InChI=1S/C21H23N5O2/c1-3-26(4-2)18-11-9-17(10-12-18)24-21-22-14-13-19(25-21)23-16-7-5-15(6-8-16)20(27)28/h5-14H,3-4H2,1-2H3,(H,27,28)(H2,22,23,24,25). The number of nitrogens with zero attached hydrogens (tertiary/aromatic N) is 3. The molecule has 0 saturated carbocycles. The molecule has 0 radical (unpaired) electrons. The van der Waals surface area contributed by atoms with Crippen LogP contribution in [0.4, 0.5) is 28.8 Å². The highest BCUT2D eigenvalue weighted by atomic mass is 16.4. The van der Waals surface area contributed by atoms with E-state index in [4.69, 9.17) is 5.11 Å². The summed E-state index contributed by atoms with van der Waals surface area (Å²) >= 11 is 0. The number of aromatic nitrogens is 2. The molecule has 0 spiro atoms. The summed E-state index contributed by atoms with van der Waals surface area (Å²) in [4.78, 5) is 21.9. The number of carbonyl (C=O) groups is 1. The Hall–Kier alpha value is -3.61. The Balaban J connectivity index is 1.68. The van der Waals surface area contributed by atoms with Crippen molar-refractivity contribution in [1.82, 2.24) is 9.97 Å². The highest BCUT2D eigenvalue weighted by Gasteiger charge is 2.05. The Labute approximate surface area is 164 Å². The molecule has 0 amide bonds. The average Bonchev–Trinajstić information content (AvgIpc) is 2.71. The fourth-order valence-corrected chi connectivity index (χ4v) is 2.81. The van der Waals surface area contributed by atoms with Crippen molar-refractivity contribution < 1.29 is 9.90 Å². The summed E-state index contributed by atoms with van der Waals surface area (Å²) in [6.45, 7) is 6.20. The molecule has 0 aliphatic rings. The molecule has 0 saturated heterocycles. The molecule has 0 aliphatic heterocycles. The maximum absolute atomic E-state index is 10.9. The van der Waals surface area contributed by atoms with E-state index in [0.717, 1.165) is 24.5 Å². The lowest BCUT2D eigenvalue weighted by molar-refractivity contribution is 0.0697. The fraction of sp³-hybridized carbons (Fsp3) is 0.190. The molecule has 28 heavy (non-hydrogen) atoms. The summed E-state index contributed by atoms with van der Waals surface area (Å²) in [6.07, 6.45) is 1.66. The number of benzene rings is 2. The summed E-state index contributed by atoms with van der Waals surface area (Å²) in [6, 6.07) is 16.4. The van der Waals surface area contributed by atoms with Gasteiger partial charge in [0.15, 0.2) is 0 Å². The first kappa shape index (κ1) is 19.2. The highest BCUT2D eigenvalue weighted by molar-refractivity contribution is 5.88. The topological polar surface area (TPSA) is 90.4 Å². The Morgan fingerprint density at radius 3 is 2.14 bits per heavy atom. The van der Waals surface area contributed by atoms with Crippen LogP contribution in [0.1, 0.15) is 24.2 Å². The average molecular weight is 377 g/mol. The van der Waals surface area contributed by atoms with Gasteiger partial charge in [0.1, 0.15) is 5.82 Å². The molecular weight excluding hydrogens is 354 g/mol. The molecule has 7 heteroatoms. The van der Waals surface area contributed by atoms with Crippen molar-refractivity contribution in [2.24, 2.45) is 0 Å². The van der Waals surface area contributed by atoms with Crippen LogP contribution in [-0.4, -0.2) is 34.1 Å². The zero-order valence-corrected chi connectivity index (χ0v) is 15.9. The first-order valence-corrected chi connectivity index (χ1v) is 9.14. The van der Waals surface area contributed by atoms with E-state index >= 15 is 0 Å². The van der Waals surface area contributed by atoms with Crippen LogP contribution in [0, 0.1) is 0 Å². The maximum atomic E-state index is 10.9.